The highest BCUT2D eigenvalue weighted by Crippen LogP contribution is 2.69. The lowest BCUT2D eigenvalue weighted by atomic mass is 9.47. The first-order chi connectivity index (χ1) is 15.5. The van der Waals surface area contributed by atoms with E-state index in [0.29, 0.717) is 12.0 Å². The second-order valence-corrected chi connectivity index (χ2v) is 12.4. The predicted octanol–water partition coefficient (Wildman–Crippen LogP) is 4.40. The third kappa shape index (κ3) is 3.58. The smallest absolute Gasteiger partial charge is 0.414 e. The number of rotatable bonds is 2. The Bertz CT molecular complexity index is 1080. The van der Waals surface area contributed by atoms with Gasteiger partial charge in [-0.05, 0) is 76.1 Å². The first-order valence-corrected chi connectivity index (χ1v) is 12.4. The topological polar surface area (TPSA) is 91.2 Å². The van der Waals surface area contributed by atoms with Crippen LogP contribution in [0.4, 0.5) is 9.18 Å². The van der Waals surface area contributed by atoms with Crippen LogP contribution in [0.3, 0.4) is 0 Å². The van der Waals surface area contributed by atoms with Crippen LogP contribution in [0.5, 0.6) is 0 Å². The third-order valence-electron chi connectivity index (χ3n) is 7.25. The molecule has 0 saturated heterocycles. The van der Waals surface area contributed by atoms with Gasteiger partial charge in [-0.15, -0.1) is 0 Å². The lowest BCUT2D eigenvalue weighted by molar-refractivity contribution is -0.138. The second kappa shape index (κ2) is 7.75. The van der Waals surface area contributed by atoms with Crippen molar-refractivity contribution in [2.75, 3.05) is 6.54 Å². The largest absolute Gasteiger partial charge is 0.444 e. The summed E-state index contributed by atoms with van der Waals surface area (Å²) in [5, 5.41) is 13.5. The molecule has 0 bridgehead atoms. The number of aliphatic hydroxyl groups is 1. The number of carbonyl (C=O) groups excluding carboxylic acids is 2. The van der Waals surface area contributed by atoms with Crippen molar-refractivity contribution in [3.8, 4) is 0 Å². The molecule has 1 aromatic carbocycles. The molecule has 9 heteroatoms. The minimum atomic E-state index is -1.73. The maximum atomic E-state index is 14.9. The molecule has 1 aromatic rings. The molecule has 3 aliphatic rings. The number of carbonyl (C=O) groups is 2. The first-order valence-electron chi connectivity index (χ1n) is 11.6. The fourth-order valence-electron chi connectivity index (χ4n) is 6.05. The van der Waals surface area contributed by atoms with E-state index < -0.39 is 40.3 Å². The molecule has 2 aliphatic carbocycles. The second-order valence-electron chi connectivity index (χ2n) is 11.5. The zero-order valence-electron chi connectivity index (χ0n) is 20.7. The highest BCUT2D eigenvalue weighted by Gasteiger charge is 2.76. The van der Waals surface area contributed by atoms with Crippen LogP contribution in [0.25, 0.3) is 0 Å². The van der Waals surface area contributed by atoms with E-state index in [1.807, 2.05) is 32.0 Å². The SMILES string of the molecule is C[C@@H]1C[C@@]2(c3ccc(Br)cc3C23N=C(NC(=O)OC(C)(C)C)N(CC(C)(C)F)C3=O)[C@H](C)[C@H]1O. The number of hydrogen-bond donors (Lipinski definition) is 2. The average molecular weight is 538 g/mol. The standard InChI is InChI=1S/C25H33BrFN3O4/c1-13-11-24(14(2)18(13)31)16-9-8-15(26)10-17(16)25(24)19(32)30(12-23(6,7)27)20(29-25)28-21(33)34-22(3,4)5/h8-10,13-14,18,31H,11-12H2,1-7H3,(H,28,29,33)/t13-,14-,18+,24+,25?/m1/s1. The average Bonchev–Trinajstić information content (AvgIpc) is 3.09. The Kier molecular flexibility index (Phi) is 5.72. The maximum Gasteiger partial charge on any atom is 0.414 e. The van der Waals surface area contributed by atoms with Gasteiger partial charge in [-0.2, -0.15) is 0 Å². The van der Waals surface area contributed by atoms with Gasteiger partial charge in [0.25, 0.3) is 5.91 Å². The quantitative estimate of drug-likeness (QED) is 0.584. The van der Waals surface area contributed by atoms with Crippen LogP contribution in [-0.2, 0) is 20.5 Å². The van der Waals surface area contributed by atoms with Gasteiger partial charge < -0.3 is 9.84 Å². The molecule has 1 fully saturated rings. The number of fused-ring (bicyclic) bond motifs is 4. The predicted molar refractivity (Wildman–Crippen MR) is 130 cm³/mol. The Balaban J connectivity index is 1.88. The van der Waals surface area contributed by atoms with Crippen LogP contribution in [0.1, 0.15) is 66.0 Å². The summed E-state index contributed by atoms with van der Waals surface area (Å²) in [7, 11) is 0. The Morgan fingerprint density at radius 2 is 1.94 bits per heavy atom. The Labute approximate surface area is 208 Å². The number of aliphatic imine (C=N–C) groups is 1. The Hall–Kier alpha value is -2.00. The molecule has 2 amide bonds. The van der Waals surface area contributed by atoms with Gasteiger partial charge in [-0.3, -0.25) is 15.0 Å². The summed E-state index contributed by atoms with van der Waals surface area (Å²) >= 11 is 3.50. The van der Waals surface area contributed by atoms with Gasteiger partial charge in [-0.1, -0.05) is 35.8 Å². The fourth-order valence-corrected chi connectivity index (χ4v) is 6.41. The van der Waals surface area contributed by atoms with Gasteiger partial charge in [-0.25, -0.2) is 14.2 Å². The van der Waals surface area contributed by atoms with E-state index in [9.17, 15) is 19.1 Å². The summed E-state index contributed by atoms with van der Waals surface area (Å²) in [5.41, 5.74) is -2.96. The minimum absolute atomic E-state index is 0.0313. The highest BCUT2D eigenvalue weighted by molar-refractivity contribution is 9.10. The summed E-state index contributed by atoms with van der Waals surface area (Å²) in [6.45, 7) is 11.6. The van der Waals surface area contributed by atoms with Gasteiger partial charge in [0.2, 0.25) is 5.96 Å². The molecule has 1 unspecified atom stereocenters. The molecular weight excluding hydrogens is 505 g/mol. The van der Waals surface area contributed by atoms with Gasteiger partial charge in [0.1, 0.15) is 11.3 Å². The fraction of sp³-hybridized carbons (Fsp3) is 0.640. The van der Waals surface area contributed by atoms with E-state index in [-0.39, 0.29) is 24.3 Å². The normalized spacial score (nSPS) is 32.6. The number of alkyl carbamates (subject to hydrolysis) is 1. The lowest BCUT2D eigenvalue weighted by Crippen LogP contribution is -2.65. The van der Waals surface area contributed by atoms with Gasteiger partial charge in [0.05, 0.1) is 12.6 Å². The van der Waals surface area contributed by atoms with Crippen LogP contribution in [0.2, 0.25) is 0 Å². The lowest BCUT2D eigenvalue weighted by Gasteiger charge is -2.56. The van der Waals surface area contributed by atoms with Crippen LogP contribution in [0, 0.1) is 11.8 Å². The van der Waals surface area contributed by atoms with Crippen molar-refractivity contribution < 1.29 is 23.8 Å². The van der Waals surface area contributed by atoms with Crippen LogP contribution in [-0.4, -0.2) is 51.9 Å². The maximum absolute atomic E-state index is 14.9. The van der Waals surface area contributed by atoms with Crippen molar-refractivity contribution in [1.82, 2.24) is 10.2 Å². The minimum Gasteiger partial charge on any atom is -0.444 e. The molecule has 0 radical (unpaired) electrons. The Morgan fingerprint density at radius 1 is 1.29 bits per heavy atom. The van der Waals surface area contributed by atoms with E-state index in [2.05, 4.69) is 21.2 Å². The van der Waals surface area contributed by atoms with E-state index in [1.165, 1.54) is 18.7 Å². The van der Waals surface area contributed by atoms with E-state index in [4.69, 9.17) is 9.73 Å². The first kappa shape index (κ1) is 25.1. The van der Waals surface area contributed by atoms with Crippen molar-refractivity contribution in [2.24, 2.45) is 16.8 Å². The van der Waals surface area contributed by atoms with Crippen LogP contribution >= 0.6 is 15.9 Å². The number of aliphatic hydroxyl groups excluding tert-OH is 1. The molecule has 34 heavy (non-hydrogen) atoms. The monoisotopic (exact) mass is 537 g/mol. The molecule has 0 aromatic heterocycles. The number of halogens is 2. The van der Waals surface area contributed by atoms with E-state index >= 15 is 0 Å². The van der Waals surface area contributed by atoms with E-state index in [1.54, 1.807) is 20.8 Å². The van der Waals surface area contributed by atoms with Crippen molar-refractivity contribution in [3.05, 3.63) is 33.8 Å². The van der Waals surface area contributed by atoms with Gasteiger partial charge in [0.15, 0.2) is 5.54 Å². The summed E-state index contributed by atoms with van der Waals surface area (Å²) < 4.78 is 21.0. The van der Waals surface area contributed by atoms with Gasteiger partial charge in [0, 0.05) is 9.89 Å². The summed E-state index contributed by atoms with van der Waals surface area (Å²) in [6, 6.07) is 5.75. The van der Waals surface area contributed by atoms with Crippen molar-refractivity contribution in [3.63, 3.8) is 0 Å². The zero-order valence-corrected chi connectivity index (χ0v) is 22.3. The number of hydrogen-bond acceptors (Lipinski definition) is 5. The number of ether oxygens (including phenoxy) is 1. The number of nitrogens with one attached hydrogen (secondary N) is 1. The van der Waals surface area contributed by atoms with Gasteiger partial charge >= 0.3 is 6.09 Å². The molecule has 5 atom stereocenters. The molecule has 1 aliphatic heterocycles. The summed E-state index contributed by atoms with van der Waals surface area (Å²) in [5.74, 6) is -0.759. The molecule has 4 rings (SSSR count). The third-order valence-corrected chi connectivity index (χ3v) is 7.74. The van der Waals surface area contributed by atoms with Crippen LogP contribution in [0.15, 0.2) is 27.7 Å². The van der Waals surface area contributed by atoms with E-state index in [0.717, 1.165) is 10.0 Å². The number of nitrogens with zero attached hydrogens (tertiary/aromatic N) is 2. The molecule has 2 spiro atoms. The Morgan fingerprint density at radius 3 is 2.47 bits per heavy atom. The number of amides is 2. The molecule has 2 N–H and O–H groups in total. The van der Waals surface area contributed by atoms with Crippen molar-refractivity contribution in [1.29, 1.82) is 0 Å². The summed E-state index contributed by atoms with van der Waals surface area (Å²) in [4.78, 5) is 32.9. The summed E-state index contributed by atoms with van der Waals surface area (Å²) in [6.07, 6.45) is -0.842. The van der Waals surface area contributed by atoms with Crippen LogP contribution < -0.4 is 5.32 Å². The number of benzene rings is 1. The molecular formula is C25H33BrFN3O4. The molecule has 186 valence electrons. The highest BCUT2D eigenvalue weighted by atomic mass is 79.9. The number of alkyl halides is 1. The van der Waals surface area contributed by atoms with Crippen molar-refractivity contribution in [2.45, 2.75) is 83.2 Å². The molecule has 7 nitrogen and oxygen atoms in total. The van der Waals surface area contributed by atoms with Crippen molar-refractivity contribution >= 4 is 33.9 Å². The number of guanidine groups is 1. The zero-order chi connectivity index (χ0) is 25.4. The molecule has 1 saturated carbocycles. The molecule has 1 heterocycles.